The van der Waals surface area contributed by atoms with Crippen LogP contribution in [0.1, 0.15) is 62.7 Å². The SMILES string of the molecule is C[C@@H]1CC[C@@H]2C(=O)N3[C@@H](CC[C@@H](C)[C@@H]3c3ccc(Br)cc3)C(=O)N2[C@H]1c1ccc(Br)cc1. The number of hydrogen-bond donors (Lipinski definition) is 0. The van der Waals surface area contributed by atoms with Crippen LogP contribution in [0.15, 0.2) is 57.5 Å². The normalized spacial score (nSPS) is 32.5. The summed E-state index contributed by atoms with van der Waals surface area (Å²) in [6.07, 6.45) is 3.36. The smallest absolute Gasteiger partial charge is 0.246 e. The number of carbonyl (C=O) groups is 2. The van der Waals surface area contributed by atoms with Crippen LogP contribution in [0.3, 0.4) is 0 Å². The highest BCUT2D eigenvalue weighted by atomic mass is 79.9. The molecule has 3 aliphatic rings. The fourth-order valence-electron chi connectivity index (χ4n) is 6.08. The molecule has 3 heterocycles. The average Bonchev–Trinajstić information content (AvgIpc) is 2.78. The second kappa shape index (κ2) is 8.60. The molecule has 5 rings (SSSR count). The lowest BCUT2D eigenvalue weighted by Crippen LogP contribution is -2.69. The Morgan fingerprint density at radius 1 is 0.625 bits per heavy atom. The molecule has 3 fully saturated rings. The van der Waals surface area contributed by atoms with E-state index >= 15 is 0 Å². The zero-order valence-corrected chi connectivity index (χ0v) is 21.6. The molecule has 32 heavy (non-hydrogen) atoms. The maximum Gasteiger partial charge on any atom is 0.246 e. The number of rotatable bonds is 2. The molecule has 0 N–H and O–H groups in total. The molecule has 6 atom stereocenters. The lowest BCUT2D eigenvalue weighted by molar-refractivity contribution is -0.177. The minimum absolute atomic E-state index is 0.0501. The monoisotopic (exact) mass is 558 g/mol. The number of nitrogens with zero attached hydrogens (tertiary/aromatic N) is 2. The number of carbonyl (C=O) groups excluding carboxylic acids is 2. The van der Waals surface area contributed by atoms with E-state index in [0.29, 0.717) is 11.8 Å². The highest BCUT2D eigenvalue weighted by Gasteiger charge is 2.55. The summed E-state index contributed by atoms with van der Waals surface area (Å²) in [6.45, 7) is 4.42. The molecule has 2 aromatic carbocycles. The summed E-state index contributed by atoms with van der Waals surface area (Å²) in [6, 6.07) is 15.6. The topological polar surface area (TPSA) is 40.6 Å². The van der Waals surface area contributed by atoms with Gasteiger partial charge in [0.15, 0.2) is 0 Å². The zero-order valence-electron chi connectivity index (χ0n) is 18.4. The maximum absolute atomic E-state index is 14.0. The largest absolute Gasteiger partial charge is 0.322 e. The van der Waals surface area contributed by atoms with E-state index in [0.717, 1.165) is 45.8 Å². The molecule has 0 saturated carbocycles. The van der Waals surface area contributed by atoms with E-state index < -0.39 is 0 Å². The predicted octanol–water partition coefficient (Wildman–Crippen LogP) is 6.26. The summed E-state index contributed by atoms with van der Waals surface area (Å²) in [5.74, 6) is 0.896. The van der Waals surface area contributed by atoms with Gasteiger partial charge in [0.1, 0.15) is 12.1 Å². The third kappa shape index (κ3) is 3.63. The second-order valence-corrected chi connectivity index (χ2v) is 11.5. The van der Waals surface area contributed by atoms with Gasteiger partial charge in [-0.05, 0) is 72.9 Å². The first-order valence-electron chi connectivity index (χ1n) is 11.5. The zero-order chi connectivity index (χ0) is 22.6. The first-order valence-corrected chi connectivity index (χ1v) is 13.1. The fourth-order valence-corrected chi connectivity index (χ4v) is 6.61. The second-order valence-electron chi connectivity index (χ2n) is 9.62. The van der Waals surface area contributed by atoms with Gasteiger partial charge in [-0.2, -0.15) is 0 Å². The Bertz CT molecular complexity index is 940. The summed E-state index contributed by atoms with van der Waals surface area (Å²) in [7, 11) is 0. The van der Waals surface area contributed by atoms with Crippen LogP contribution in [0, 0.1) is 11.8 Å². The number of amides is 2. The molecule has 4 nitrogen and oxygen atoms in total. The van der Waals surface area contributed by atoms with Gasteiger partial charge >= 0.3 is 0 Å². The van der Waals surface area contributed by atoms with Crippen LogP contribution >= 0.6 is 31.9 Å². The molecule has 0 aliphatic carbocycles. The summed E-state index contributed by atoms with van der Waals surface area (Å²) < 4.78 is 2.04. The van der Waals surface area contributed by atoms with E-state index in [1.807, 2.05) is 34.1 Å². The Hall–Kier alpha value is -1.66. The third-order valence-electron chi connectivity index (χ3n) is 7.64. The van der Waals surface area contributed by atoms with E-state index in [2.05, 4.69) is 70.0 Å². The van der Waals surface area contributed by atoms with Crippen LogP contribution in [0.2, 0.25) is 0 Å². The predicted molar refractivity (Wildman–Crippen MR) is 132 cm³/mol. The first-order chi connectivity index (χ1) is 15.4. The molecule has 3 saturated heterocycles. The lowest BCUT2D eigenvalue weighted by atomic mass is 9.76. The van der Waals surface area contributed by atoms with E-state index in [-0.39, 0.29) is 36.0 Å². The number of hydrogen-bond acceptors (Lipinski definition) is 2. The molecule has 0 unspecified atom stereocenters. The molecule has 168 valence electrons. The van der Waals surface area contributed by atoms with Crippen molar-refractivity contribution in [3.63, 3.8) is 0 Å². The first kappa shape index (κ1) is 22.1. The molecular weight excluding hydrogens is 532 g/mol. The average molecular weight is 560 g/mol. The molecule has 0 aromatic heterocycles. The van der Waals surface area contributed by atoms with Crippen LogP contribution in [0.25, 0.3) is 0 Å². The Morgan fingerprint density at radius 3 is 1.31 bits per heavy atom. The number of piperidine rings is 2. The van der Waals surface area contributed by atoms with Gasteiger partial charge in [0.25, 0.3) is 0 Å². The highest BCUT2D eigenvalue weighted by molar-refractivity contribution is 9.10. The summed E-state index contributed by atoms with van der Waals surface area (Å²) in [4.78, 5) is 31.9. The van der Waals surface area contributed by atoms with Gasteiger partial charge in [-0.25, -0.2) is 0 Å². The van der Waals surface area contributed by atoms with Crippen molar-refractivity contribution in [3.8, 4) is 0 Å². The van der Waals surface area contributed by atoms with Crippen LogP contribution in [0.4, 0.5) is 0 Å². The van der Waals surface area contributed by atoms with Gasteiger partial charge in [0, 0.05) is 8.95 Å². The summed E-state index contributed by atoms with van der Waals surface area (Å²) in [5.41, 5.74) is 2.24. The van der Waals surface area contributed by atoms with E-state index in [9.17, 15) is 9.59 Å². The van der Waals surface area contributed by atoms with E-state index in [4.69, 9.17) is 0 Å². The minimum atomic E-state index is -0.369. The molecule has 2 aromatic rings. The van der Waals surface area contributed by atoms with Gasteiger partial charge in [0.2, 0.25) is 11.8 Å². The standard InChI is InChI=1S/C26H28Br2N2O2/c1-15-3-13-21-26(32)30-22(14-4-16(2)24(30)18-7-11-20(28)12-8-18)25(31)29(21)23(15)17-5-9-19(27)10-6-17/h5-12,15-16,21-24H,3-4,13-14H2,1-2H3/t15-,16-,21-,22+,23-,24-/m1/s1. The van der Waals surface area contributed by atoms with Crippen molar-refractivity contribution in [2.45, 2.75) is 63.7 Å². The highest BCUT2D eigenvalue weighted by Crippen LogP contribution is 2.48. The quantitative estimate of drug-likeness (QED) is 0.435. The Balaban J connectivity index is 1.54. The summed E-state index contributed by atoms with van der Waals surface area (Å²) >= 11 is 7.03. The molecule has 0 radical (unpaired) electrons. The molecule has 3 aliphatic heterocycles. The Labute approximate surface area is 206 Å². The third-order valence-corrected chi connectivity index (χ3v) is 8.70. The van der Waals surface area contributed by atoms with Crippen LogP contribution in [-0.2, 0) is 9.59 Å². The fraction of sp³-hybridized carbons (Fsp3) is 0.462. The maximum atomic E-state index is 14.0. The lowest BCUT2D eigenvalue weighted by Gasteiger charge is -2.56. The Morgan fingerprint density at radius 2 is 0.969 bits per heavy atom. The van der Waals surface area contributed by atoms with Gasteiger partial charge in [0.05, 0.1) is 12.1 Å². The number of halogens is 2. The van der Waals surface area contributed by atoms with Gasteiger partial charge in [-0.3, -0.25) is 9.59 Å². The number of fused-ring (bicyclic) bond motifs is 2. The van der Waals surface area contributed by atoms with Gasteiger partial charge in [-0.1, -0.05) is 70.0 Å². The van der Waals surface area contributed by atoms with Crippen LogP contribution in [-0.4, -0.2) is 33.7 Å². The minimum Gasteiger partial charge on any atom is -0.322 e. The van der Waals surface area contributed by atoms with Crippen LogP contribution < -0.4 is 0 Å². The van der Waals surface area contributed by atoms with Crippen molar-refractivity contribution in [2.24, 2.45) is 11.8 Å². The molecule has 2 amide bonds. The summed E-state index contributed by atoms with van der Waals surface area (Å²) in [5, 5.41) is 0. The van der Waals surface area contributed by atoms with Crippen molar-refractivity contribution in [2.75, 3.05) is 0 Å². The van der Waals surface area contributed by atoms with Crippen molar-refractivity contribution in [3.05, 3.63) is 68.6 Å². The van der Waals surface area contributed by atoms with Crippen molar-refractivity contribution in [1.82, 2.24) is 9.80 Å². The molecular formula is C26H28Br2N2O2. The van der Waals surface area contributed by atoms with Gasteiger partial charge < -0.3 is 9.80 Å². The van der Waals surface area contributed by atoms with Crippen LogP contribution in [0.5, 0.6) is 0 Å². The van der Waals surface area contributed by atoms with Gasteiger partial charge in [-0.15, -0.1) is 0 Å². The Kier molecular flexibility index (Phi) is 5.95. The van der Waals surface area contributed by atoms with Crippen molar-refractivity contribution in [1.29, 1.82) is 0 Å². The number of piperazine rings is 1. The van der Waals surface area contributed by atoms with Crippen molar-refractivity contribution < 1.29 is 9.59 Å². The number of benzene rings is 2. The molecule has 0 bridgehead atoms. The molecule has 0 spiro atoms. The molecule has 6 heteroatoms. The van der Waals surface area contributed by atoms with E-state index in [1.54, 1.807) is 0 Å². The van der Waals surface area contributed by atoms with E-state index in [1.165, 1.54) is 0 Å². The van der Waals surface area contributed by atoms with Crippen molar-refractivity contribution >= 4 is 43.7 Å².